The lowest BCUT2D eigenvalue weighted by atomic mass is 9.91. The van der Waals surface area contributed by atoms with E-state index in [0.717, 1.165) is 24.8 Å². The number of rotatable bonds is 1. The SMILES string of the molecule is CC1CC2C=C(C=O)C(CCN1)C2. The summed E-state index contributed by atoms with van der Waals surface area (Å²) in [5.41, 5.74) is 1.06. The standard InChI is InChI=1S/C11H17NO/c1-8-4-9-5-10(2-3-12-8)11(6-9)7-13/h6-10,12H,2-5H2,1H3. The molecule has 0 aromatic heterocycles. The highest BCUT2D eigenvalue weighted by molar-refractivity contribution is 5.75. The van der Waals surface area contributed by atoms with Crippen LogP contribution in [0.25, 0.3) is 0 Å². The third kappa shape index (κ3) is 1.83. The molecule has 0 aromatic carbocycles. The second-order valence-corrected chi connectivity index (χ2v) is 4.36. The van der Waals surface area contributed by atoms with Gasteiger partial charge in [0.05, 0.1) is 0 Å². The molecule has 0 aromatic rings. The van der Waals surface area contributed by atoms with Crippen LogP contribution in [0.2, 0.25) is 0 Å². The molecule has 2 heteroatoms. The molecular weight excluding hydrogens is 162 g/mol. The number of hydrogen-bond donors (Lipinski definition) is 1. The van der Waals surface area contributed by atoms with E-state index in [4.69, 9.17) is 0 Å². The van der Waals surface area contributed by atoms with E-state index >= 15 is 0 Å². The fourth-order valence-corrected chi connectivity index (χ4v) is 2.60. The maximum absolute atomic E-state index is 10.8. The normalized spacial score (nSPS) is 39.2. The Labute approximate surface area is 79.4 Å². The van der Waals surface area contributed by atoms with Crippen LogP contribution in [0, 0.1) is 11.8 Å². The second-order valence-electron chi connectivity index (χ2n) is 4.36. The topological polar surface area (TPSA) is 29.1 Å². The summed E-state index contributed by atoms with van der Waals surface area (Å²) in [6.07, 6.45) is 6.78. The number of carbonyl (C=O) groups excluding carboxylic acids is 1. The Hall–Kier alpha value is -0.630. The fourth-order valence-electron chi connectivity index (χ4n) is 2.60. The van der Waals surface area contributed by atoms with E-state index in [-0.39, 0.29) is 0 Å². The Kier molecular flexibility index (Phi) is 2.49. The van der Waals surface area contributed by atoms with Gasteiger partial charge in [0.1, 0.15) is 6.29 Å². The number of aldehydes is 1. The predicted molar refractivity (Wildman–Crippen MR) is 52.4 cm³/mol. The van der Waals surface area contributed by atoms with Gasteiger partial charge in [0.15, 0.2) is 0 Å². The van der Waals surface area contributed by atoms with E-state index in [0.29, 0.717) is 17.9 Å². The van der Waals surface area contributed by atoms with Gasteiger partial charge in [-0.05, 0) is 50.1 Å². The molecule has 2 rings (SSSR count). The van der Waals surface area contributed by atoms with Crippen molar-refractivity contribution in [2.45, 2.75) is 32.2 Å². The summed E-state index contributed by atoms with van der Waals surface area (Å²) < 4.78 is 0. The molecular formula is C11H17NO. The molecule has 1 aliphatic heterocycles. The van der Waals surface area contributed by atoms with Crippen LogP contribution in [0.4, 0.5) is 0 Å². The molecule has 1 fully saturated rings. The van der Waals surface area contributed by atoms with Crippen molar-refractivity contribution in [1.82, 2.24) is 5.32 Å². The van der Waals surface area contributed by atoms with Gasteiger partial charge in [-0.1, -0.05) is 6.08 Å². The van der Waals surface area contributed by atoms with Crippen LogP contribution in [0.3, 0.4) is 0 Å². The van der Waals surface area contributed by atoms with Gasteiger partial charge >= 0.3 is 0 Å². The summed E-state index contributed by atoms with van der Waals surface area (Å²) in [5.74, 6) is 1.19. The van der Waals surface area contributed by atoms with Crippen molar-refractivity contribution < 1.29 is 4.79 Å². The molecule has 13 heavy (non-hydrogen) atoms. The van der Waals surface area contributed by atoms with Crippen LogP contribution in [-0.2, 0) is 4.79 Å². The molecule has 2 aliphatic rings. The van der Waals surface area contributed by atoms with E-state index in [1.165, 1.54) is 12.8 Å². The van der Waals surface area contributed by atoms with Gasteiger partial charge in [-0.25, -0.2) is 0 Å². The van der Waals surface area contributed by atoms with Crippen LogP contribution in [-0.4, -0.2) is 18.9 Å². The molecule has 3 unspecified atom stereocenters. The van der Waals surface area contributed by atoms with E-state index in [1.807, 2.05) is 0 Å². The zero-order chi connectivity index (χ0) is 9.26. The molecule has 2 nitrogen and oxygen atoms in total. The van der Waals surface area contributed by atoms with E-state index in [9.17, 15) is 4.79 Å². The molecule has 3 atom stereocenters. The summed E-state index contributed by atoms with van der Waals surface area (Å²) in [6.45, 7) is 3.29. The van der Waals surface area contributed by atoms with Crippen molar-refractivity contribution in [1.29, 1.82) is 0 Å². The first-order valence-electron chi connectivity index (χ1n) is 5.20. The summed E-state index contributed by atoms with van der Waals surface area (Å²) in [7, 11) is 0. The highest BCUT2D eigenvalue weighted by atomic mass is 16.1. The lowest BCUT2D eigenvalue weighted by Crippen LogP contribution is -2.31. The molecule has 1 saturated heterocycles. The van der Waals surface area contributed by atoms with Crippen molar-refractivity contribution in [2.24, 2.45) is 11.8 Å². The predicted octanol–water partition coefficient (Wildman–Crippen LogP) is 1.52. The highest BCUT2D eigenvalue weighted by Gasteiger charge is 2.28. The van der Waals surface area contributed by atoms with Gasteiger partial charge in [-0.2, -0.15) is 0 Å². The molecule has 72 valence electrons. The molecule has 0 amide bonds. The average molecular weight is 179 g/mol. The number of nitrogens with one attached hydrogen (secondary N) is 1. The van der Waals surface area contributed by atoms with Gasteiger partial charge < -0.3 is 5.32 Å². The van der Waals surface area contributed by atoms with E-state index < -0.39 is 0 Å². The van der Waals surface area contributed by atoms with Crippen molar-refractivity contribution >= 4 is 6.29 Å². The maximum atomic E-state index is 10.8. The zero-order valence-corrected chi connectivity index (χ0v) is 8.12. The largest absolute Gasteiger partial charge is 0.314 e. The minimum Gasteiger partial charge on any atom is -0.314 e. The molecule has 1 aliphatic carbocycles. The zero-order valence-electron chi connectivity index (χ0n) is 8.12. The average Bonchev–Trinajstić information content (AvgIpc) is 2.46. The second kappa shape index (κ2) is 3.62. The van der Waals surface area contributed by atoms with Crippen molar-refractivity contribution in [3.8, 4) is 0 Å². The molecule has 2 bridgehead atoms. The van der Waals surface area contributed by atoms with E-state index in [1.54, 1.807) is 0 Å². The van der Waals surface area contributed by atoms with Gasteiger partial charge in [-0.3, -0.25) is 4.79 Å². The van der Waals surface area contributed by atoms with Gasteiger partial charge in [0, 0.05) is 6.04 Å². The molecule has 0 saturated carbocycles. The maximum Gasteiger partial charge on any atom is 0.145 e. The monoisotopic (exact) mass is 179 g/mol. The number of carbonyl (C=O) groups is 1. The molecule has 0 radical (unpaired) electrons. The van der Waals surface area contributed by atoms with Gasteiger partial charge in [0.25, 0.3) is 0 Å². The Morgan fingerprint density at radius 3 is 3.15 bits per heavy atom. The van der Waals surface area contributed by atoms with Crippen molar-refractivity contribution in [3.05, 3.63) is 11.6 Å². The first kappa shape index (κ1) is 8.95. The minimum atomic E-state index is 0.544. The summed E-state index contributed by atoms with van der Waals surface area (Å²) in [6, 6.07) is 0.605. The van der Waals surface area contributed by atoms with Crippen LogP contribution in [0.5, 0.6) is 0 Å². The summed E-state index contributed by atoms with van der Waals surface area (Å²) in [5, 5.41) is 3.48. The van der Waals surface area contributed by atoms with Crippen molar-refractivity contribution in [3.63, 3.8) is 0 Å². The Morgan fingerprint density at radius 1 is 1.54 bits per heavy atom. The highest BCUT2D eigenvalue weighted by Crippen LogP contribution is 2.35. The van der Waals surface area contributed by atoms with Crippen LogP contribution in [0.1, 0.15) is 26.2 Å². The van der Waals surface area contributed by atoms with Crippen molar-refractivity contribution in [2.75, 3.05) is 6.54 Å². The van der Waals surface area contributed by atoms with Gasteiger partial charge in [0.2, 0.25) is 0 Å². The molecule has 1 N–H and O–H groups in total. The third-order valence-corrected chi connectivity index (χ3v) is 3.26. The Bertz CT molecular complexity index is 234. The Morgan fingerprint density at radius 2 is 2.38 bits per heavy atom. The van der Waals surface area contributed by atoms with Crippen LogP contribution >= 0.6 is 0 Å². The van der Waals surface area contributed by atoms with Crippen LogP contribution < -0.4 is 5.32 Å². The number of allylic oxidation sites excluding steroid dienone is 2. The lowest BCUT2D eigenvalue weighted by molar-refractivity contribution is -0.105. The smallest absolute Gasteiger partial charge is 0.145 e. The summed E-state index contributed by atoms with van der Waals surface area (Å²) in [4.78, 5) is 10.8. The number of hydrogen-bond acceptors (Lipinski definition) is 2. The quantitative estimate of drug-likeness (QED) is 0.618. The fraction of sp³-hybridized carbons (Fsp3) is 0.727. The Balaban J connectivity index is 2.11. The molecule has 0 spiro atoms. The number of fused-ring (bicyclic) bond motifs is 2. The lowest BCUT2D eigenvalue weighted by Gasteiger charge is -2.22. The minimum absolute atomic E-state index is 0.544. The summed E-state index contributed by atoms with van der Waals surface area (Å²) >= 11 is 0. The van der Waals surface area contributed by atoms with Gasteiger partial charge in [-0.15, -0.1) is 0 Å². The first-order chi connectivity index (χ1) is 6.29. The third-order valence-electron chi connectivity index (χ3n) is 3.26. The van der Waals surface area contributed by atoms with Crippen LogP contribution in [0.15, 0.2) is 11.6 Å². The first-order valence-corrected chi connectivity index (χ1v) is 5.20. The van der Waals surface area contributed by atoms with E-state index in [2.05, 4.69) is 18.3 Å². The molecule has 1 heterocycles.